The molecule has 148 valence electrons. The Kier molecular flexibility index (Phi) is 7.55. The zero-order chi connectivity index (χ0) is 19.9. The van der Waals surface area contributed by atoms with Gasteiger partial charge in [0.1, 0.15) is 0 Å². The van der Waals surface area contributed by atoms with Crippen molar-refractivity contribution in [3.05, 3.63) is 70.8 Å². The first-order valence-corrected chi connectivity index (χ1v) is 10.9. The number of fused-ring (bicyclic) bond motifs is 2. The molecule has 0 fully saturated rings. The second kappa shape index (κ2) is 10.1. The molecule has 0 amide bonds. The van der Waals surface area contributed by atoms with Gasteiger partial charge in [0.05, 0.1) is 0 Å². The highest BCUT2D eigenvalue weighted by Crippen LogP contribution is 2.41. The van der Waals surface area contributed by atoms with E-state index in [1.165, 1.54) is 32.0 Å². The van der Waals surface area contributed by atoms with Crippen molar-refractivity contribution in [1.82, 2.24) is 9.80 Å². The van der Waals surface area contributed by atoms with Crippen LogP contribution in [0.2, 0.25) is 0 Å². The highest BCUT2D eigenvalue weighted by molar-refractivity contribution is 7.99. The minimum atomic E-state index is 1.02. The minimum Gasteiger partial charge on any atom is -0.309 e. The molecule has 0 saturated carbocycles. The normalized spacial score (nSPS) is 13.6. The van der Waals surface area contributed by atoms with Crippen LogP contribution in [0, 0.1) is 0 Å². The SMILES string of the molecule is CN(C)CCC=Cc1ccc2c(c1)Cc1c(C=CCCN(C)C)cccc1S2. The highest BCUT2D eigenvalue weighted by Gasteiger charge is 2.18. The lowest BCUT2D eigenvalue weighted by Crippen LogP contribution is -2.11. The van der Waals surface area contributed by atoms with E-state index in [1.54, 1.807) is 0 Å². The second-order valence-electron chi connectivity index (χ2n) is 7.96. The van der Waals surface area contributed by atoms with Crippen LogP contribution in [0.5, 0.6) is 0 Å². The minimum absolute atomic E-state index is 1.02. The first kappa shape index (κ1) is 20.9. The highest BCUT2D eigenvalue weighted by atomic mass is 32.2. The van der Waals surface area contributed by atoms with Crippen molar-refractivity contribution >= 4 is 23.9 Å². The molecule has 3 rings (SSSR count). The summed E-state index contributed by atoms with van der Waals surface area (Å²) >= 11 is 1.91. The summed E-state index contributed by atoms with van der Waals surface area (Å²) in [6.07, 6.45) is 12.3. The molecule has 1 heterocycles. The van der Waals surface area contributed by atoms with Crippen LogP contribution in [-0.2, 0) is 6.42 Å². The summed E-state index contributed by atoms with van der Waals surface area (Å²) < 4.78 is 0. The van der Waals surface area contributed by atoms with Crippen LogP contribution >= 0.6 is 11.8 Å². The lowest BCUT2D eigenvalue weighted by molar-refractivity contribution is 0.417. The van der Waals surface area contributed by atoms with Gasteiger partial charge in [-0.05, 0) is 75.4 Å². The number of hydrogen-bond donors (Lipinski definition) is 0. The quantitative estimate of drug-likeness (QED) is 0.487. The molecule has 0 aromatic heterocycles. The molecule has 1 aliphatic heterocycles. The summed E-state index contributed by atoms with van der Waals surface area (Å²) in [5.74, 6) is 0. The molecule has 2 nitrogen and oxygen atoms in total. The molecule has 0 radical (unpaired) electrons. The molecule has 0 atom stereocenters. The summed E-state index contributed by atoms with van der Waals surface area (Å²) in [6, 6.07) is 13.6. The summed E-state index contributed by atoms with van der Waals surface area (Å²) in [4.78, 5) is 7.24. The van der Waals surface area contributed by atoms with Crippen LogP contribution in [0.1, 0.15) is 35.1 Å². The summed E-state index contributed by atoms with van der Waals surface area (Å²) in [5.41, 5.74) is 5.58. The zero-order valence-electron chi connectivity index (χ0n) is 17.6. The Bertz CT molecular complexity index is 850. The van der Waals surface area contributed by atoms with Crippen LogP contribution in [-0.4, -0.2) is 51.1 Å². The van der Waals surface area contributed by atoms with E-state index in [-0.39, 0.29) is 0 Å². The molecule has 2 aromatic carbocycles. The molecule has 0 bridgehead atoms. The maximum Gasteiger partial charge on any atom is 0.0163 e. The van der Waals surface area contributed by atoms with Gasteiger partial charge in [-0.25, -0.2) is 0 Å². The fourth-order valence-electron chi connectivity index (χ4n) is 3.37. The van der Waals surface area contributed by atoms with E-state index in [0.717, 1.165) is 32.4 Å². The molecule has 0 aliphatic carbocycles. The van der Waals surface area contributed by atoms with Crippen LogP contribution in [0.3, 0.4) is 0 Å². The molecule has 2 aromatic rings. The Morgan fingerprint density at radius 1 is 0.857 bits per heavy atom. The van der Waals surface area contributed by atoms with Gasteiger partial charge in [-0.15, -0.1) is 0 Å². The van der Waals surface area contributed by atoms with Crippen molar-refractivity contribution in [1.29, 1.82) is 0 Å². The van der Waals surface area contributed by atoms with Crippen molar-refractivity contribution < 1.29 is 0 Å². The van der Waals surface area contributed by atoms with Gasteiger partial charge < -0.3 is 9.80 Å². The summed E-state index contributed by atoms with van der Waals surface area (Å²) in [6.45, 7) is 2.18. The molecular weight excluding hydrogens is 360 g/mol. The van der Waals surface area contributed by atoms with Gasteiger partial charge in [-0.1, -0.05) is 60.3 Å². The van der Waals surface area contributed by atoms with Crippen molar-refractivity contribution in [3.63, 3.8) is 0 Å². The topological polar surface area (TPSA) is 6.48 Å². The van der Waals surface area contributed by atoms with Crippen molar-refractivity contribution in [2.24, 2.45) is 0 Å². The van der Waals surface area contributed by atoms with E-state index in [2.05, 4.69) is 98.7 Å². The van der Waals surface area contributed by atoms with Crippen LogP contribution in [0.15, 0.2) is 58.3 Å². The maximum absolute atomic E-state index is 2.37. The summed E-state index contributed by atoms with van der Waals surface area (Å²) in [5, 5.41) is 0. The van der Waals surface area contributed by atoms with Gasteiger partial charge in [-0.3, -0.25) is 0 Å². The molecule has 0 N–H and O–H groups in total. The molecule has 0 saturated heterocycles. The Hall–Kier alpha value is -1.81. The second-order valence-corrected chi connectivity index (χ2v) is 9.04. The fourth-order valence-corrected chi connectivity index (χ4v) is 4.46. The fraction of sp³-hybridized carbons (Fsp3) is 0.360. The Labute approximate surface area is 174 Å². The van der Waals surface area contributed by atoms with E-state index in [4.69, 9.17) is 0 Å². The number of hydrogen-bond acceptors (Lipinski definition) is 3. The lowest BCUT2D eigenvalue weighted by Gasteiger charge is -2.21. The average Bonchev–Trinajstić information content (AvgIpc) is 2.66. The molecule has 0 spiro atoms. The van der Waals surface area contributed by atoms with Gasteiger partial charge in [0, 0.05) is 29.3 Å². The van der Waals surface area contributed by atoms with Gasteiger partial charge in [0.2, 0.25) is 0 Å². The third-order valence-electron chi connectivity index (χ3n) is 4.93. The number of nitrogens with zero attached hydrogens (tertiary/aromatic N) is 2. The first-order chi connectivity index (χ1) is 13.5. The van der Waals surface area contributed by atoms with E-state index < -0.39 is 0 Å². The van der Waals surface area contributed by atoms with E-state index in [9.17, 15) is 0 Å². The van der Waals surface area contributed by atoms with Gasteiger partial charge in [0.15, 0.2) is 0 Å². The van der Waals surface area contributed by atoms with Crippen LogP contribution in [0.25, 0.3) is 12.2 Å². The van der Waals surface area contributed by atoms with Crippen molar-refractivity contribution in [3.8, 4) is 0 Å². The van der Waals surface area contributed by atoms with E-state index in [1.807, 2.05) is 11.8 Å². The molecule has 0 unspecified atom stereocenters. The third kappa shape index (κ3) is 5.84. The van der Waals surface area contributed by atoms with E-state index >= 15 is 0 Å². The predicted molar refractivity (Wildman–Crippen MR) is 124 cm³/mol. The first-order valence-electron chi connectivity index (χ1n) is 10.1. The third-order valence-corrected chi connectivity index (χ3v) is 6.16. The average molecular weight is 393 g/mol. The molecule has 1 aliphatic rings. The van der Waals surface area contributed by atoms with Crippen LogP contribution < -0.4 is 0 Å². The molecule has 28 heavy (non-hydrogen) atoms. The standard InChI is InChI=1S/C25H32N2S/c1-26(2)16-7-5-10-20-14-15-24-22(18-20)19-23-21(11-6-8-17-27(3)4)12-9-13-25(23)28-24/h5-6,9-15,18H,7-8,16-17,19H2,1-4H3. The smallest absolute Gasteiger partial charge is 0.0163 e. The Balaban J connectivity index is 1.74. The number of rotatable bonds is 8. The van der Waals surface area contributed by atoms with E-state index in [0.29, 0.717) is 0 Å². The largest absolute Gasteiger partial charge is 0.309 e. The molecule has 3 heteroatoms. The zero-order valence-corrected chi connectivity index (χ0v) is 18.4. The van der Waals surface area contributed by atoms with Gasteiger partial charge in [0.25, 0.3) is 0 Å². The van der Waals surface area contributed by atoms with Crippen molar-refractivity contribution in [2.45, 2.75) is 29.1 Å². The van der Waals surface area contributed by atoms with Crippen molar-refractivity contribution in [2.75, 3.05) is 41.3 Å². The number of benzene rings is 2. The van der Waals surface area contributed by atoms with Gasteiger partial charge >= 0.3 is 0 Å². The predicted octanol–water partition coefficient (Wildman–Crippen LogP) is 5.67. The Morgan fingerprint density at radius 2 is 1.57 bits per heavy atom. The summed E-state index contributed by atoms with van der Waals surface area (Å²) in [7, 11) is 8.48. The van der Waals surface area contributed by atoms with Gasteiger partial charge in [-0.2, -0.15) is 0 Å². The Morgan fingerprint density at radius 3 is 2.29 bits per heavy atom. The molecular formula is C25H32N2S. The monoisotopic (exact) mass is 392 g/mol. The lowest BCUT2D eigenvalue weighted by atomic mass is 9.97. The maximum atomic E-state index is 2.37. The van der Waals surface area contributed by atoms with Crippen LogP contribution in [0.4, 0.5) is 0 Å².